The monoisotopic (exact) mass is 188 g/mol. The second-order valence-corrected chi connectivity index (χ2v) is 2.70. The van der Waals surface area contributed by atoms with Gasteiger partial charge in [-0.05, 0) is 12.1 Å². The predicted octanol–water partition coefficient (Wildman–Crippen LogP) is 3.52. The summed E-state index contributed by atoms with van der Waals surface area (Å²) >= 11 is 11.4. The van der Waals surface area contributed by atoms with Crippen LogP contribution in [0.3, 0.4) is 0 Å². The van der Waals surface area contributed by atoms with E-state index in [1.165, 1.54) is 6.26 Å². The molecule has 1 nitrogen and oxygen atoms in total. The summed E-state index contributed by atoms with van der Waals surface area (Å²) < 4.78 is 4.96. The van der Waals surface area contributed by atoms with Gasteiger partial charge in [-0.15, -0.1) is 0 Å². The van der Waals surface area contributed by atoms with Crippen LogP contribution in [-0.4, -0.2) is 0 Å². The number of benzene rings is 1. The van der Waals surface area contributed by atoms with Crippen LogP contribution in [-0.2, 0) is 0 Å². The first-order valence-electron chi connectivity index (χ1n) is 2.96. The van der Waals surface area contributed by atoms with Gasteiger partial charge in [-0.2, -0.15) is 0 Å². The van der Waals surface area contributed by atoms with E-state index in [0.29, 0.717) is 15.8 Å². The molecule has 0 amide bonds. The van der Waals surface area contributed by atoms with Crippen molar-refractivity contribution in [3.63, 3.8) is 0 Å². The average molecular weight is 189 g/mol. The van der Waals surface area contributed by atoms with Crippen molar-refractivity contribution >= 4 is 23.2 Å². The number of halogens is 2. The highest BCUT2D eigenvalue weighted by Crippen LogP contribution is 2.27. The Kier molecular flexibility index (Phi) is 2.80. The van der Waals surface area contributed by atoms with Gasteiger partial charge in [-0.25, -0.2) is 0 Å². The molecule has 1 rings (SSSR count). The fourth-order valence-electron chi connectivity index (χ4n) is 0.657. The first kappa shape index (κ1) is 8.44. The molecule has 0 saturated carbocycles. The topological polar surface area (TPSA) is 9.23 Å². The molecule has 0 radical (unpaired) electrons. The maximum Gasteiger partial charge on any atom is 0.146 e. The lowest BCUT2D eigenvalue weighted by atomic mass is 10.3. The van der Waals surface area contributed by atoms with Crippen LogP contribution in [0.4, 0.5) is 0 Å². The SMILES string of the molecule is C=COc1cc(Cl)ccc1Cl. The Hall–Kier alpha value is -0.660. The quantitative estimate of drug-likeness (QED) is 0.646. The van der Waals surface area contributed by atoms with Crippen molar-refractivity contribution < 1.29 is 4.74 Å². The maximum atomic E-state index is 5.74. The zero-order valence-corrected chi connectivity index (χ0v) is 7.19. The van der Waals surface area contributed by atoms with Crippen molar-refractivity contribution in [3.8, 4) is 5.75 Å². The maximum absolute atomic E-state index is 5.74. The van der Waals surface area contributed by atoms with E-state index in [1.54, 1.807) is 18.2 Å². The molecule has 0 spiro atoms. The van der Waals surface area contributed by atoms with Gasteiger partial charge < -0.3 is 4.74 Å². The largest absolute Gasteiger partial charge is 0.464 e. The molecule has 3 heteroatoms. The van der Waals surface area contributed by atoms with Crippen molar-refractivity contribution in [1.29, 1.82) is 0 Å². The minimum absolute atomic E-state index is 0.522. The van der Waals surface area contributed by atoms with Crippen molar-refractivity contribution in [2.45, 2.75) is 0 Å². The van der Waals surface area contributed by atoms with Gasteiger partial charge in [0.05, 0.1) is 11.3 Å². The molecule has 0 unspecified atom stereocenters. The summed E-state index contributed by atoms with van der Waals surface area (Å²) in [6, 6.07) is 4.99. The summed E-state index contributed by atoms with van der Waals surface area (Å²) in [5.41, 5.74) is 0. The summed E-state index contributed by atoms with van der Waals surface area (Å²) in [5, 5.41) is 1.11. The Balaban J connectivity index is 3.01. The summed E-state index contributed by atoms with van der Waals surface area (Å²) in [4.78, 5) is 0. The van der Waals surface area contributed by atoms with E-state index in [4.69, 9.17) is 27.9 Å². The van der Waals surface area contributed by atoms with Crippen LogP contribution < -0.4 is 4.74 Å². The molecule has 0 atom stereocenters. The molecule has 11 heavy (non-hydrogen) atoms. The number of hydrogen-bond donors (Lipinski definition) is 0. The van der Waals surface area contributed by atoms with Gasteiger partial charge in [0.25, 0.3) is 0 Å². The number of rotatable bonds is 2. The molecule has 0 N–H and O–H groups in total. The van der Waals surface area contributed by atoms with Gasteiger partial charge in [-0.3, -0.25) is 0 Å². The predicted molar refractivity (Wildman–Crippen MR) is 47.3 cm³/mol. The van der Waals surface area contributed by atoms with E-state index in [-0.39, 0.29) is 0 Å². The fraction of sp³-hybridized carbons (Fsp3) is 0. The molecular formula is C8H6Cl2O. The van der Waals surface area contributed by atoms with Crippen LogP contribution in [0.25, 0.3) is 0 Å². The Morgan fingerprint density at radius 3 is 2.73 bits per heavy atom. The van der Waals surface area contributed by atoms with E-state index in [9.17, 15) is 0 Å². The van der Waals surface area contributed by atoms with Crippen molar-refractivity contribution in [2.24, 2.45) is 0 Å². The van der Waals surface area contributed by atoms with Crippen molar-refractivity contribution in [2.75, 3.05) is 0 Å². The third-order valence-electron chi connectivity index (χ3n) is 1.10. The van der Waals surface area contributed by atoms with Gasteiger partial charge in [0.1, 0.15) is 5.75 Å². The minimum atomic E-state index is 0.522. The zero-order valence-electron chi connectivity index (χ0n) is 5.68. The molecule has 0 aliphatic rings. The molecule has 0 fully saturated rings. The molecule has 0 aliphatic carbocycles. The lowest BCUT2D eigenvalue weighted by Crippen LogP contribution is -1.81. The van der Waals surface area contributed by atoms with Crippen LogP contribution in [0.2, 0.25) is 10.0 Å². The molecular weight excluding hydrogens is 183 g/mol. The van der Waals surface area contributed by atoms with Gasteiger partial charge in [0, 0.05) is 11.1 Å². The van der Waals surface area contributed by atoms with Crippen LogP contribution in [0, 0.1) is 0 Å². The fourth-order valence-corrected chi connectivity index (χ4v) is 0.981. The van der Waals surface area contributed by atoms with E-state index < -0.39 is 0 Å². The van der Waals surface area contributed by atoms with Gasteiger partial charge in [0.15, 0.2) is 0 Å². The first-order chi connectivity index (χ1) is 5.24. The third kappa shape index (κ3) is 2.14. The van der Waals surface area contributed by atoms with Gasteiger partial charge >= 0.3 is 0 Å². The number of hydrogen-bond acceptors (Lipinski definition) is 1. The summed E-state index contributed by atoms with van der Waals surface area (Å²) in [7, 11) is 0. The Morgan fingerprint density at radius 2 is 2.09 bits per heavy atom. The van der Waals surface area contributed by atoms with Gasteiger partial charge in [0.2, 0.25) is 0 Å². The van der Waals surface area contributed by atoms with Crippen LogP contribution >= 0.6 is 23.2 Å². The van der Waals surface area contributed by atoms with Crippen LogP contribution in [0.1, 0.15) is 0 Å². The summed E-state index contributed by atoms with van der Waals surface area (Å²) in [5.74, 6) is 0.522. The first-order valence-corrected chi connectivity index (χ1v) is 3.72. The minimum Gasteiger partial charge on any atom is -0.464 e. The highest BCUT2D eigenvalue weighted by atomic mass is 35.5. The summed E-state index contributed by atoms with van der Waals surface area (Å²) in [6.07, 6.45) is 1.30. The Morgan fingerprint density at radius 1 is 1.36 bits per heavy atom. The molecule has 1 aromatic rings. The molecule has 1 aromatic carbocycles. The Bertz CT molecular complexity index is 271. The Labute approximate surface area is 75.2 Å². The van der Waals surface area contributed by atoms with Crippen molar-refractivity contribution in [3.05, 3.63) is 41.1 Å². The third-order valence-corrected chi connectivity index (χ3v) is 1.65. The van der Waals surface area contributed by atoms with Gasteiger partial charge in [-0.1, -0.05) is 29.8 Å². The standard InChI is InChI=1S/C8H6Cl2O/c1-2-11-8-5-6(9)3-4-7(8)10/h2-5H,1H2. The molecule has 0 aromatic heterocycles. The highest BCUT2D eigenvalue weighted by molar-refractivity contribution is 6.34. The normalized spacial score (nSPS) is 9.27. The van der Waals surface area contributed by atoms with E-state index in [1.807, 2.05) is 0 Å². The summed E-state index contributed by atoms with van der Waals surface area (Å²) in [6.45, 7) is 3.40. The average Bonchev–Trinajstić information content (AvgIpc) is 1.98. The smallest absolute Gasteiger partial charge is 0.146 e. The molecule has 0 heterocycles. The lowest BCUT2D eigenvalue weighted by Gasteiger charge is -2.01. The second-order valence-electron chi connectivity index (χ2n) is 1.86. The lowest BCUT2D eigenvalue weighted by molar-refractivity contribution is 0.484. The second kappa shape index (κ2) is 3.65. The van der Waals surface area contributed by atoms with E-state index in [0.717, 1.165) is 0 Å². The number of ether oxygens (including phenoxy) is 1. The van der Waals surface area contributed by atoms with E-state index in [2.05, 4.69) is 6.58 Å². The molecule has 0 saturated heterocycles. The molecule has 58 valence electrons. The van der Waals surface area contributed by atoms with Crippen LogP contribution in [0.15, 0.2) is 31.0 Å². The molecule has 0 aliphatic heterocycles. The molecule has 0 bridgehead atoms. The highest BCUT2D eigenvalue weighted by Gasteiger charge is 1.99. The van der Waals surface area contributed by atoms with Crippen molar-refractivity contribution in [1.82, 2.24) is 0 Å². The van der Waals surface area contributed by atoms with E-state index >= 15 is 0 Å². The zero-order chi connectivity index (χ0) is 8.27. The van der Waals surface area contributed by atoms with Crippen LogP contribution in [0.5, 0.6) is 5.75 Å².